The van der Waals surface area contributed by atoms with Crippen molar-refractivity contribution in [2.45, 2.75) is 31.4 Å². The van der Waals surface area contributed by atoms with Gasteiger partial charge in [0.15, 0.2) is 0 Å². The third kappa shape index (κ3) is 5.20. The van der Waals surface area contributed by atoms with Crippen LogP contribution in [0.5, 0.6) is 0 Å². The molecule has 8 heteroatoms. The normalized spacial score (nSPS) is 16.1. The molecule has 0 aromatic heterocycles. The molecule has 1 heterocycles. The minimum absolute atomic E-state index is 0.0844. The van der Waals surface area contributed by atoms with E-state index in [2.05, 4.69) is 5.32 Å². The van der Waals surface area contributed by atoms with Crippen LogP contribution in [-0.4, -0.2) is 57.8 Å². The van der Waals surface area contributed by atoms with Gasteiger partial charge in [-0.2, -0.15) is 0 Å². The predicted octanol–water partition coefficient (Wildman–Crippen LogP) is -0.152. The fourth-order valence-electron chi connectivity index (χ4n) is 1.82. The van der Waals surface area contributed by atoms with E-state index >= 15 is 0 Å². The van der Waals surface area contributed by atoms with Crippen molar-refractivity contribution in [3.63, 3.8) is 0 Å². The van der Waals surface area contributed by atoms with Gasteiger partial charge >= 0.3 is 5.97 Å². The Labute approximate surface area is 121 Å². The van der Waals surface area contributed by atoms with Gasteiger partial charge in [0, 0.05) is 13.0 Å². The average molecular weight is 302 g/mol. The number of rotatable bonds is 7. The molecule has 0 radical (unpaired) electrons. The molecule has 112 valence electrons. The van der Waals surface area contributed by atoms with Crippen LogP contribution in [-0.2, 0) is 19.2 Å². The van der Waals surface area contributed by atoms with Gasteiger partial charge in [-0.25, -0.2) is 0 Å². The third-order valence-electron chi connectivity index (χ3n) is 2.85. The van der Waals surface area contributed by atoms with Gasteiger partial charge in [0.2, 0.25) is 17.7 Å². The number of carboxylic acids is 1. The smallest absolute Gasteiger partial charge is 0.316 e. The summed E-state index contributed by atoms with van der Waals surface area (Å²) in [4.78, 5) is 46.5. The number of nitrogens with zero attached hydrogens (tertiary/aromatic N) is 1. The second-order valence-corrected chi connectivity index (χ2v) is 5.63. The standard InChI is InChI=1S/C12H18N2O5S/c1-2-8(12(18)19)20-7-10(16)13-9(15)6-14-5-3-4-11(14)17/h8H,2-7H2,1H3,(H,18,19)(H,13,15,16). The monoisotopic (exact) mass is 302 g/mol. The number of thioether (sulfide) groups is 1. The van der Waals surface area contributed by atoms with Gasteiger partial charge in [-0.3, -0.25) is 24.5 Å². The number of hydrogen-bond donors (Lipinski definition) is 2. The minimum atomic E-state index is -0.973. The quantitative estimate of drug-likeness (QED) is 0.678. The number of amides is 3. The first kappa shape index (κ1) is 16.5. The molecule has 1 atom stereocenters. The van der Waals surface area contributed by atoms with E-state index in [0.717, 1.165) is 18.2 Å². The van der Waals surface area contributed by atoms with Crippen LogP contribution >= 0.6 is 11.8 Å². The van der Waals surface area contributed by atoms with Gasteiger partial charge in [0.05, 0.1) is 12.3 Å². The second-order valence-electron chi connectivity index (χ2n) is 4.44. The molecule has 3 amide bonds. The molecular weight excluding hydrogens is 284 g/mol. The highest BCUT2D eigenvalue weighted by Gasteiger charge is 2.23. The first-order valence-electron chi connectivity index (χ1n) is 6.39. The first-order valence-corrected chi connectivity index (χ1v) is 7.43. The summed E-state index contributed by atoms with van der Waals surface area (Å²) in [5, 5.41) is 10.3. The van der Waals surface area contributed by atoms with Gasteiger partial charge in [0.25, 0.3) is 0 Å². The first-order chi connectivity index (χ1) is 9.43. The maximum atomic E-state index is 11.6. The lowest BCUT2D eigenvalue weighted by molar-refractivity contribution is -0.136. The predicted molar refractivity (Wildman–Crippen MR) is 73.1 cm³/mol. The van der Waals surface area contributed by atoms with Crippen LogP contribution in [0.4, 0.5) is 0 Å². The van der Waals surface area contributed by atoms with Crippen LogP contribution in [0.15, 0.2) is 0 Å². The summed E-state index contributed by atoms with van der Waals surface area (Å²) in [6, 6.07) is 0. The van der Waals surface area contributed by atoms with Gasteiger partial charge in [0.1, 0.15) is 5.25 Å². The Morgan fingerprint density at radius 1 is 1.40 bits per heavy atom. The van der Waals surface area contributed by atoms with E-state index in [4.69, 9.17) is 5.11 Å². The zero-order chi connectivity index (χ0) is 15.1. The zero-order valence-electron chi connectivity index (χ0n) is 11.3. The molecule has 2 N–H and O–H groups in total. The summed E-state index contributed by atoms with van der Waals surface area (Å²) in [6.45, 7) is 2.13. The number of likely N-dealkylation sites (tertiary alicyclic amines) is 1. The van der Waals surface area contributed by atoms with Gasteiger partial charge in [-0.15, -0.1) is 11.8 Å². The number of hydrogen-bond acceptors (Lipinski definition) is 5. The molecule has 0 saturated carbocycles. The number of imide groups is 1. The topological polar surface area (TPSA) is 104 Å². The van der Waals surface area contributed by atoms with E-state index in [9.17, 15) is 19.2 Å². The lowest BCUT2D eigenvalue weighted by atomic mass is 10.3. The summed E-state index contributed by atoms with van der Waals surface area (Å²) in [7, 11) is 0. The molecule has 20 heavy (non-hydrogen) atoms. The van der Waals surface area contributed by atoms with Crippen molar-refractivity contribution in [1.82, 2.24) is 10.2 Å². The minimum Gasteiger partial charge on any atom is -0.480 e. The van der Waals surface area contributed by atoms with Crippen molar-refractivity contribution in [3.05, 3.63) is 0 Å². The largest absolute Gasteiger partial charge is 0.480 e. The van der Waals surface area contributed by atoms with Crippen molar-refractivity contribution in [2.75, 3.05) is 18.8 Å². The van der Waals surface area contributed by atoms with Crippen molar-refractivity contribution in [3.8, 4) is 0 Å². The Morgan fingerprint density at radius 3 is 2.60 bits per heavy atom. The highest BCUT2D eigenvalue weighted by Crippen LogP contribution is 2.14. The summed E-state index contributed by atoms with van der Waals surface area (Å²) < 4.78 is 0. The molecule has 0 aliphatic carbocycles. The van der Waals surface area contributed by atoms with Crippen LogP contribution in [0.25, 0.3) is 0 Å². The highest BCUT2D eigenvalue weighted by molar-refractivity contribution is 8.01. The molecule has 1 fully saturated rings. The maximum absolute atomic E-state index is 11.6. The fraction of sp³-hybridized carbons (Fsp3) is 0.667. The lowest BCUT2D eigenvalue weighted by Gasteiger charge is -2.14. The molecule has 1 unspecified atom stereocenters. The molecule has 1 aliphatic rings. The summed E-state index contributed by atoms with van der Waals surface area (Å²) in [5.41, 5.74) is 0. The van der Waals surface area contributed by atoms with E-state index < -0.39 is 23.0 Å². The highest BCUT2D eigenvalue weighted by atomic mass is 32.2. The summed E-state index contributed by atoms with van der Waals surface area (Å²) in [5.74, 6) is -2.22. The molecule has 0 aromatic carbocycles. The van der Waals surface area contributed by atoms with Crippen LogP contribution < -0.4 is 5.32 Å². The molecular formula is C12H18N2O5S. The van der Waals surface area contributed by atoms with Crippen molar-refractivity contribution < 1.29 is 24.3 Å². The molecule has 1 aliphatic heterocycles. The Kier molecular flexibility index (Phi) is 6.50. The number of nitrogens with one attached hydrogen (secondary N) is 1. The van der Waals surface area contributed by atoms with Crippen LogP contribution in [0.2, 0.25) is 0 Å². The lowest BCUT2D eigenvalue weighted by Crippen LogP contribution is -2.41. The Balaban J connectivity index is 2.29. The number of carboxylic acid groups (broad SMARTS) is 1. The van der Waals surface area contributed by atoms with Crippen molar-refractivity contribution >= 4 is 35.5 Å². The van der Waals surface area contributed by atoms with Gasteiger partial charge < -0.3 is 10.0 Å². The van der Waals surface area contributed by atoms with E-state index in [1.54, 1.807) is 6.92 Å². The molecule has 1 saturated heterocycles. The summed E-state index contributed by atoms with van der Waals surface area (Å²) in [6.07, 6.45) is 1.57. The molecule has 0 spiro atoms. The van der Waals surface area contributed by atoms with E-state index in [-0.39, 0.29) is 18.2 Å². The van der Waals surface area contributed by atoms with E-state index in [0.29, 0.717) is 19.4 Å². The van der Waals surface area contributed by atoms with Gasteiger partial charge in [-0.05, 0) is 12.8 Å². The molecule has 0 aromatic rings. The molecule has 1 rings (SSSR count). The Hall–Kier alpha value is -1.57. The maximum Gasteiger partial charge on any atom is 0.316 e. The van der Waals surface area contributed by atoms with Crippen LogP contribution in [0, 0.1) is 0 Å². The van der Waals surface area contributed by atoms with Gasteiger partial charge in [-0.1, -0.05) is 6.92 Å². The number of carbonyl (C=O) groups excluding carboxylic acids is 3. The number of carbonyl (C=O) groups is 4. The Morgan fingerprint density at radius 2 is 2.10 bits per heavy atom. The third-order valence-corrected chi connectivity index (χ3v) is 4.21. The second kappa shape index (κ2) is 7.88. The van der Waals surface area contributed by atoms with Crippen LogP contribution in [0.1, 0.15) is 26.2 Å². The average Bonchev–Trinajstić information content (AvgIpc) is 2.75. The SMILES string of the molecule is CCC(SCC(=O)NC(=O)CN1CCCC1=O)C(=O)O. The molecule has 0 bridgehead atoms. The molecule has 7 nitrogen and oxygen atoms in total. The summed E-state index contributed by atoms with van der Waals surface area (Å²) >= 11 is 0.979. The van der Waals surface area contributed by atoms with Crippen molar-refractivity contribution in [2.24, 2.45) is 0 Å². The number of aliphatic carboxylic acids is 1. The van der Waals surface area contributed by atoms with E-state index in [1.165, 1.54) is 4.90 Å². The zero-order valence-corrected chi connectivity index (χ0v) is 12.1. The Bertz CT molecular complexity index is 413. The van der Waals surface area contributed by atoms with E-state index in [1.807, 2.05) is 0 Å². The van der Waals surface area contributed by atoms with Crippen molar-refractivity contribution in [1.29, 1.82) is 0 Å². The fourth-order valence-corrected chi connectivity index (χ4v) is 2.62. The van der Waals surface area contributed by atoms with Crippen LogP contribution in [0.3, 0.4) is 0 Å².